The highest BCUT2D eigenvalue weighted by Gasteiger charge is 2.14. The number of sulfonamides is 1. The average Bonchev–Trinajstić information content (AvgIpc) is 2.67. The van der Waals surface area contributed by atoms with E-state index in [0.717, 1.165) is 5.56 Å². The highest BCUT2D eigenvalue weighted by molar-refractivity contribution is 7.92. The smallest absolute Gasteiger partial charge is 0.261 e. The van der Waals surface area contributed by atoms with E-state index < -0.39 is 10.0 Å². The van der Waals surface area contributed by atoms with E-state index in [1.807, 2.05) is 12.1 Å². The van der Waals surface area contributed by atoms with Crippen molar-refractivity contribution < 1.29 is 13.2 Å². The quantitative estimate of drug-likeness (QED) is 0.701. The van der Waals surface area contributed by atoms with E-state index in [0.29, 0.717) is 17.8 Å². The van der Waals surface area contributed by atoms with Crippen LogP contribution in [-0.4, -0.2) is 19.3 Å². The van der Waals surface area contributed by atoms with Crippen LogP contribution in [0.3, 0.4) is 0 Å². The molecule has 3 aromatic rings. The number of amides is 1. The summed E-state index contributed by atoms with van der Waals surface area (Å²) in [5, 5.41) is 2.79. The van der Waals surface area contributed by atoms with Gasteiger partial charge < -0.3 is 5.32 Å². The van der Waals surface area contributed by atoms with Crippen molar-refractivity contribution in [3.05, 3.63) is 90.3 Å². The topological polar surface area (TPSA) is 88.2 Å². The largest absolute Gasteiger partial charge is 0.348 e. The molecule has 0 atom stereocenters. The molecule has 2 aromatic carbocycles. The minimum atomic E-state index is -3.70. The number of carbonyl (C=O) groups excluding carboxylic acids is 1. The predicted molar refractivity (Wildman–Crippen MR) is 99.1 cm³/mol. The molecule has 7 heteroatoms. The second-order valence-electron chi connectivity index (χ2n) is 5.54. The van der Waals surface area contributed by atoms with E-state index in [4.69, 9.17) is 0 Å². The first kappa shape index (κ1) is 17.6. The van der Waals surface area contributed by atoms with Gasteiger partial charge >= 0.3 is 0 Å². The lowest BCUT2D eigenvalue weighted by Gasteiger charge is -2.10. The van der Waals surface area contributed by atoms with Gasteiger partial charge in [0.05, 0.1) is 4.90 Å². The summed E-state index contributed by atoms with van der Waals surface area (Å²) in [7, 11) is -3.70. The van der Waals surface area contributed by atoms with Crippen LogP contribution in [-0.2, 0) is 16.6 Å². The van der Waals surface area contributed by atoms with Crippen molar-refractivity contribution in [3.8, 4) is 0 Å². The van der Waals surface area contributed by atoms with Gasteiger partial charge in [-0.25, -0.2) is 8.42 Å². The Bertz CT molecular complexity index is 991. The standard InChI is InChI=1S/C19H17N3O3S/c23-19(21-14-15-9-11-20-12-10-15)16-5-4-6-17(13-16)22-26(24,25)18-7-2-1-3-8-18/h1-13,22H,14H2,(H,21,23). The van der Waals surface area contributed by atoms with Crippen LogP contribution in [0.1, 0.15) is 15.9 Å². The fraction of sp³-hybridized carbons (Fsp3) is 0.0526. The molecule has 1 amide bonds. The maximum absolute atomic E-state index is 12.4. The maximum Gasteiger partial charge on any atom is 0.261 e. The molecule has 0 bridgehead atoms. The fourth-order valence-electron chi connectivity index (χ4n) is 2.32. The van der Waals surface area contributed by atoms with Crippen LogP contribution in [0.2, 0.25) is 0 Å². The van der Waals surface area contributed by atoms with Crippen LogP contribution in [0.25, 0.3) is 0 Å². The Hall–Kier alpha value is -3.19. The van der Waals surface area contributed by atoms with Gasteiger partial charge in [-0.3, -0.25) is 14.5 Å². The molecule has 26 heavy (non-hydrogen) atoms. The third-order valence-electron chi connectivity index (χ3n) is 3.63. The highest BCUT2D eigenvalue weighted by Crippen LogP contribution is 2.17. The molecule has 6 nitrogen and oxygen atoms in total. The number of aromatic nitrogens is 1. The number of pyridine rings is 1. The van der Waals surface area contributed by atoms with Gasteiger partial charge in [0.1, 0.15) is 0 Å². The Morgan fingerprint density at radius 2 is 1.65 bits per heavy atom. The van der Waals surface area contributed by atoms with Gasteiger partial charge in [0.2, 0.25) is 0 Å². The first-order valence-corrected chi connectivity index (χ1v) is 9.38. The summed E-state index contributed by atoms with van der Waals surface area (Å²) < 4.78 is 27.2. The van der Waals surface area contributed by atoms with Gasteiger partial charge in [0.15, 0.2) is 0 Å². The molecule has 0 aliphatic carbocycles. The zero-order valence-electron chi connectivity index (χ0n) is 13.8. The number of benzene rings is 2. The van der Waals surface area contributed by atoms with Crippen molar-refractivity contribution in [2.45, 2.75) is 11.4 Å². The van der Waals surface area contributed by atoms with Crippen molar-refractivity contribution in [3.63, 3.8) is 0 Å². The van der Waals surface area contributed by atoms with Crippen LogP contribution < -0.4 is 10.0 Å². The Kier molecular flexibility index (Phi) is 5.28. The van der Waals surface area contributed by atoms with Gasteiger partial charge in [0, 0.05) is 30.2 Å². The zero-order chi connectivity index (χ0) is 18.4. The summed E-state index contributed by atoms with van der Waals surface area (Å²) in [6.07, 6.45) is 3.31. The normalized spacial score (nSPS) is 10.9. The molecule has 1 heterocycles. The number of hydrogen-bond donors (Lipinski definition) is 2. The number of carbonyl (C=O) groups is 1. The SMILES string of the molecule is O=C(NCc1ccncc1)c1cccc(NS(=O)(=O)c2ccccc2)c1. The molecule has 1 aromatic heterocycles. The number of rotatable bonds is 6. The van der Waals surface area contributed by atoms with Crippen LogP contribution >= 0.6 is 0 Å². The summed E-state index contributed by atoms with van der Waals surface area (Å²) in [5.41, 5.74) is 1.62. The minimum Gasteiger partial charge on any atom is -0.348 e. The number of hydrogen-bond acceptors (Lipinski definition) is 4. The lowest BCUT2D eigenvalue weighted by atomic mass is 10.2. The molecule has 132 valence electrons. The van der Waals surface area contributed by atoms with Crippen molar-refractivity contribution in [2.75, 3.05) is 4.72 Å². The van der Waals surface area contributed by atoms with Crippen molar-refractivity contribution in [1.29, 1.82) is 0 Å². The van der Waals surface area contributed by atoms with E-state index in [-0.39, 0.29) is 10.8 Å². The van der Waals surface area contributed by atoms with Crippen molar-refractivity contribution >= 4 is 21.6 Å². The lowest BCUT2D eigenvalue weighted by molar-refractivity contribution is 0.0951. The predicted octanol–water partition coefficient (Wildman–Crippen LogP) is 2.81. The Labute approximate surface area is 152 Å². The van der Waals surface area contributed by atoms with Crippen LogP contribution in [0.5, 0.6) is 0 Å². The summed E-state index contributed by atoms with van der Waals surface area (Å²) >= 11 is 0. The first-order chi connectivity index (χ1) is 12.5. The molecule has 0 fully saturated rings. The Morgan fingerprint density at radius 3 is 2.38 bits per heavy atom. The maximum atomic E-state index is 12.4. The molecular formula is C19H17N3O3S. The first-order valence-electron chi connectivity index (χ1n) is 7.90. The molecule has 0 unspecified atom stereocenters. The molecule has 0 saturated heterocycles. The van der Waals surface area contributed by atoms with E-state index in [1.165, 1.54) is 18.2 Å². The van der Waals surface area contributed by atoms with Gasteiger partial charge in [-0.2, -0.15) is 0 Å². The molecule has 0 spiro atoms. The molecule has 0 radical (unpaired) electrons. The summed E-state index contributed by atoms with van der Waals surface area (Å²) in [6.45, 7) is 0.362. The molecule has 2 N–H and O–H groups in total. The second-order valence-corrected chi connectivity index (χ2v) is 7.22. The number of nitrogens with zero attached hydrogens (tertiary/aromatic N) is 1. The third-order valence-corrected chi connectivity index (χ3v) is 5.03. The van der Waals surface area contributed by atoms with Crippen molar-refractivity contribution in [2.24, 2.45) is 0 Å². The zero-order valence-corrected chi connectivity index (χ0v) is 14.6. The molecular weight excluding hydrogens is 350 g/mol. The second kappa shape index (κ2) is 7.79. The van der Waals surface area contributed by atoms with Gasteiger partial charge in [-0.1, -0.05) is 24.3 Å². The summed E-state index contributed by atoms with van der Waals surface area (Å²) in [6, 6.07) is 18.0. The van der Waals surface area contributed by atoms with E-state index in [2.05, 4.69) is 15.0 Å². The highest BCUT2D eigenvalue weighted by atomic mass is 32.2. The molecule has 0 saturated carbocycles. The van der Waals surface area contributed by atoms with Gasteiger partial charge in [-0.15, -0.1) is 0 Å². The van der Waals surface area contributed by atoms with Crippen molar-refractivity contribution in [1.82, 2.24) is 10.3 Å². The van der Waals surface area contributed by atoms with E-state index in [9.17, 15) is 13.2 Å². The third kappa shape index (κ3) is 4.46. The monoisotopic (exact) mass is 367 g/mol. The fourth-order valence-corrected chi connectivity index (χ4v) is 3.39. The van der Waals surface area contributed by atoms with Crippen LogP contribution in [0.4, 0.5) is 5.69 Å². The van der Waals surface area contributed by atoms with E-state index in [1.54, 1.807) is 48.8 Å². The number of nitrogens with one attached hydrogen (secondary N) is 2. The molecule has 0 aliphatic rings. The molecule has 0 aliphatic heterocycles. The van der Waals surface area contributed by atoms with Crippen LogP contribution in [0, 0.1) is 0 Å². The lowest BCUT2D eigenvalue weighted by Crippen LogP contribution is -2.23. The van der Waals surface area contributed by atoms with Gasteiger partial charge in [-0.05, 0) is 48.0 Å². The Balaban J connectivity index is 1.71. The summed E-state index contributed by atoms with van der Waals surface area (Å²) in [4.78, 5) is 16.4. The molecule has 3 rings (SSSR count). The number of anilines is 1. The van der Waals surface area contributed by atoms with Gasteiger partial charge in [0.25, 0.3) is 15.9 Å². The Morgan fingerprint density at radius 1 is 0.923 bits per heavy atom. The van der Waals surface area contributed by atoms with Crippen LogP contribution in [0.15, 0.2) is 84.0 Å². The average molecular weight is 367 g/mol. The summed E-state index contributed by atoms with van der Waals surface area (Å²) in [5.74, 6) is -0.289. The van der Waals surface area contributed by atoms with E-state index >= 15 is 0 Å². The minimum absolute atomic E-state index is 0.160.